The molecule has 1 N–H and O–H groups in total. The molecular formula is C19H18N2O3S. The van der Waals surface area contributed by atoms with Crippen molar-refractivity contribution < 1.29 is 14.3 Å². The fourth-order valence-electron chi connectivity index (χ4n) is 2.47. The molecule has 0 atom stereocenters. The number of carbonyl (C=O) groups excluding carboxylic acids is 1. The Hall–Kier alpha value is -2.86. The minimum Gasteiger partial charge on any atom is -0.493 e. The summed E-state index contributed by atoms with van der Waals surface area (Å²) in [6.07, 6.45) is 0. The highest BCUT2D eigenvalue weighted by Crippen LogP contribution is 2.35. The van der Waals surface area contributed by atoms with Gasteiger partial charge in [0.1, 0.15) is 4.88 Å². The summed E-state index contributed by atoms with van der Waals surface area (Å²) in [7, 11) is 3.17. The highest BCUT2D eigenvalue weighted by Gasteiger charge is 2.19. The number of thiazole rings is 1. The van der Waals surface area contributed by atoms with Gasteiger partial charge in [0.15, 0.2) is 11.5 Å². The molecule has 3 aromatic rings. The number of anilines is 1. The number of para-hydroxylation sites is 1. The van der Waals surface area contributed by atoms with E-state index in [9.17, 15) is 4.79 Å². The Morgan fingerprint density at radius 1 is 1.04 bits per heavy atom. The first-order chi connectivity index (χ1) is 12.1. The SMILES string of the molecule is COc1ccc(-c2nc(C)sc2C(=O)Nc2ccccc2)cc1OC. The molecule has 0 aliphatic carbocycles. The normalized spacial score (nSPS) is 10.4. The van der Waals surface area contributed by atoms with E-state index < -0.39 is 0 Å². The maximum absolute atomic E-state index is 12.7. The smallest absolute Gasteiger partial charge is 0.268 e. The molecule has 2 aromatic carbocycles. The summed E-state index contributed by atoms with van der Waals surface area (Å²) in [5.74, 6) is 1.05. The summed E-state index contributed by atoms with van der Waals surface area (Å²) in [4.78, 5) is 17.8. The monoisotopic (exact) mass is 354 g/mol. The maximum atomic E-state index is 12.7. The van der Waals surface area contributed by atoms with Crippen LogP contribution < -0.4 is 14.8 Å². The number of methoxy groups -OCH3 is 2. The second-order valence-corrected chi connectivity index (χ2v) is 6.50. The lowest BCUT2D eigenvalue weighted by molar-refractivity contribution is 0.103. The van der Waals surface area contributed by atoms with Crippen molar-refractivity contribution in [1.82, 2.24) is 4.98 Å². The third kappa shape index (κ3) is 3.64. The summed E-state index contributed by atoms with van der Waals surface area (Å²) < 4.78 is 10.6. The summed E-state index contributed by atoms with van der Waals surface area (Å²) in [6, 6.07) is 14.9. The van der Waals surface area contributed by atoms with Crippen LogP contribution in [0.2, 0.25) is 0 Å². The van der Waals surface area contributed by atoms with E-state index in [1.807, 2.05) is 55.5 Å². The Balaban J connectivity index is 1.97. The van der Waals surface area contributed by atoms with Gasteiger partial charge in [-0.15, -0.1) is 11.3 Å². The number of nitrogens with one attached hydrogen (secondary N) is 1. The Bertz CT molecular complexity index is 891. The number of rotatable bonds is 5. The van der Waals surface area contributed by atoms with Crippen molar-refractivity contribution >= 4 is 22.9 Å². The number of aryl methyl sites for hydroxylation is 1. The lowest BCUT2D eigenvalue weighted by atomic mass is 10.1. The summed E-state index contributed by atoms with van der Waals surface area (Å²) in [5.41, 5.74) is 2.19. The molecule has 1 amide bonds. The lowest BCUT2D eigenvalue weighted by Gasteiger charge is -2.09. The van der Waals surface area contributed by atoms with Crippen molar-refractivity contribution in [2.24, 2.45) is 0 Å². The summed E-state index contributed by atoms with van der Waals surface area (Å²) in [6.45, 7) is 1.88. The zero-order valence-electron chi connectivity index (χ0n) is 14.2. The van der Waals surface area contributed by atoms with Gasteiger partial charge in [0.05, 0.1) is 24.9 Å². The van der Waals surface area contributed by atoms with Crippen LogP contribution in [0.4, 0.5) is 5.69 Å². The van der Waals surface area contributed by atoms with Crippen molar-refractivity contribution in [3.8, 4) is 22.8 Å². The van der Waals surface area contributed by atoms with E-state index in [-0.39, 0.29) is 5.91 Å². The van der Waals surface area contributed by atoms with Gasteiger partial charge < -0.3 is 14.8 Å². The number of benzene rings is 2. The molecule has 0 saturated heterocycles. The van der Waals surface area contributed by atoms with Gasteiger partial charge in [-0.2, -0.15) is 0 Å². The predicted molar refractivity (Wildman–Crippen MR) is 99.8 cm³/mol. The molecular weight excluding hydrogens is 336 g/mol. The Labute approximate surface area is 150 Å². The van der Waals surface area contributed by atoms with Crippen LogP contribution in [0.5, 0.6) is 11.5 Å². The topological polar surface area (TPSA) is 60.5 Å². The molecule has 1 aromatic heterocycles. The summed E-state index contributed by atoms with van der Waals surface area (Å²) in [5, 5.41) is 3.73. The molecule has 0 aliphatic heterocycles. The van der Waals surface area contributed by atoms with E-state index >= 15 is 0 Å². The van der Waals surface area contributed by atoms with Crippen LogP contribution in [-0.4, -0.2) is 25.1 Å². The van der Waals surface area contributed by atoms with Crippen LogP contribution in [0.15, 0.2) is 48.5 Å². The molecule has 0 unspecified atom stereocenters. The Kier molecular flexibility index (Phi) is 5.00. The highest BCUT2D eigenvalue weighted by atomic mass is 32.1. The second kappa shape index (κ2) is 7.36. The van der Waals surface area contributed by atoms with Crippen molar-refractivity contribution in [2.75, 3.05) is 19.5 Å². The van der Waals surface area contributed by atoms with Crippen molar-refractivity contribution in [2.45, 2.75) is 6.92 Å². The molecule has 0 radical (unpaired) electrons. The van der Waals surface area contributed by atoms with E-state index in [1.54, 1.807) is 14.2 Å². The fraction of sp³-hybridized carbons (Fsp3) is 0.158. The molecule has 25 heavy (non-hydrogen) atoms. The molecule has 0 aliphatic rings. The van der Waals surface area contributed by atoms with Gasteiger partial charge in [-0.05, 0) is 37.3 Å². The van der Waals surface area contributed by atoms with E-state index in [0.29, 0.717) is 22.1 Å². The Morgan fingerprint density at radius 3 is 2.44 bits per heavy atom. The van der Waals surface area contributed by atoms with Gasteiger partial charge in [0, 0.05) is 11.3 Å². The first-order valence-corrected chi connectivity index (χ1v) is 8.50. The average Bonchev–Trinajstić information content (AvgIpc) is 3.04. The number of hydrogen-bond donors (Lipinski definition) is 1. The minimum atomic E-state index is -0.179. The van der Waals surface area contributed by atoms with Crippen LogP contribution in [0.25, 0.3) is 11.3 Å². The van der Waals surface area contributed by atoms with E-state index in [2.05, 4.69) is 10.3 Å². The molecule has 1 heterocycles. The molecule has 3 rings (SSSR count). The number of nitrogens with zero attached hydrogens (tertiary/aromatic N) is 1. The summed E-state index contributed by atoms with van der Waals surface area (Å²) >= 11 is 1.36. The van der Waals surface area contributed by atoms with Gasteiger partial charge in [-0.1, -0.05) is 18.2 Å². The number of ether oxygens (including phenoxy) is 2. The van der Waals surface area contributed by atoms with Crippen LogP contribution >= 0.6 is 11.3 Å². The quantitative estimate of drug-likeness (QED) is 0.738. The van der Waals surface area contributed by atoms with Gasteiger partial charge in [-0.3, -0.25) is 4.79 Å². The zero-order chi connectivity index (χ0) is 17.8. The first kappa shape index (κ1) is 17.0. The average molecular weight is 354 g/mol. The first-order valence-electron chi connectivity index (χ1n) is 7.68. The van der Waals surface area contributed by atoms with Gasteiger partial charge in [-0.25, -0.2) is 4.98 Å². The third-order valence-electron chi connectivity index (χ3n) is 3.63. The second-order valence-electron chi connectivity index (χ2n) is 5.30. The van der Waals surface area contributed by atoms with E-state index in [0.717, 1.165) is 16.3 Å². The van der Waals surface area contributed by atoms with Gasteiger partial charge in [0.25, 0.3) is 5.91 Å². The number of amides is 1. The van der Waals surface area contributed by atoms with Gasteiger partial charge in [0.2, 0.25) is 0 Å². The third-order valence-corrected chi connectivity index (χ3v) is 4.60. The molecule has 0 saturated carbocycles. The van der Waals surface area contributed by atoms with Crippen LogP contribution in [0.1, 0.15) is 14.7 Å². The molecule has 128 valence electrons. The standard InChI is InChI=1S/C19H18N2O3S/c1-12-20-17(13-9-10-15(23-2)16(11-13)24-3)18(25-12)19(22)21-14-7-5-4-6-8-14/h4-11H,1-3H3,(H,21,22). The van der Waals surface area contributed by atoms with Crippen LogP contribution in [0, 0.1) is 6.92 Å². The van der Waals surface area contributed by atoms with Crippen LogP contribution in [0.3, 0.4) is 0 Å². The zero-order valence-corrected chi connectivity index (χ0v) is 15.0. The maximum Gasteiger partial charge on any atom is 0.268 e. The number of hydrogen-bond acceptors (Lipinski definition) is 5. The highest BCUT2D eigenvalue weighted by molar-refractivity contribution is 7.14. The molecule has 5 nitrogen and oxygen atoms in total. The van der Waals surface area contributed by atoms with E-state index in [1.165, 1.54) is 11.3 Å². The largest absolute Gasteiger partial charge is 0.493 e. The number of aromatic nitrogens is 1. The number of carbonyl (C=O) groups is 1. The molecule has 0 spiro atoms. The minimum absolute atomic E-state index is 0.179. The predicted octanol–water partition coefficient (Wildman–Crippen LogP) is 4.39. The Morgan fingerprint density at radius 2 is 1.76 bits per heavy atom. The fourth-order valence-corrected chi connectivity index (χ4v) is 3.31. The molecule has 0 fully saturated rings. The van der Waals surface area contributed by atoms with Crippen molar-refractivity contribution in [3.63, 3.8) is 0 Å². The van der Waals surface area contributed by atoms with Gasteiger partial charge >= 0.3 is 0 Å². The van der Waals surface area contributed by atoms with E-state index in [4.69, 9.17) is 9.47 Å². The van der Waals surface area contributed by atoms with Crippen molar-refractivity contribution in [1.29, 1.82) is 0 Å². The van der Waals surface area contributed by atoms with Crippen LogP contribution in [-0.2, 0) is 0 Å². The molecule has 6 heteroatoms. The lowest BCUT2D eigenvalue weighted by Crippen LogP contribution is -2.11. The van der Waals surface area contributed by atoms with Crippen molar-refractivity contribution in [3.05, 3.63) is 58.4 Å². The molecule has 0 bridgehead atoms.